The zero-order chi connectivity index (χ0) is 18.7. The summed E-state index contributed by atoms with van der Waals surface area (Å²) in [7, 11) is 1.52. The Morgan fingerprint density at radius 1 is 1.08 bits per heavy atom. The summed E-state index contributed by atoms with van der Waals surface area (Å²) in [5, 5.41) is 6.75. The number of hydrogen-bond donors (Lipinski definition) is 3. The fourth-order valence-electron chi connectivity index (χ4n) is 2.34. The molecular formula is C17H13BrN4O4. The molecule has 9 heteroatoms. The molecule has 0 bridgehead atoms. The van der Waals surface area contributed by atoms with Crippen molar-refractivity contribution >= 4 is 38.5 Å². The number of amides is 2. The molecule has 2 amide bonds. The number of carbonyl (C=O) groups excluding carboxylic acids is 2. The molecule has 0 fully saturated rings. The van der Waals surface area contributed by atoms with Crippen molar-refractivity contribution in [2.75, 3.05) is 7.11 Å². The normalized spacial score (nSPS) is 10.4. The number of H-pyrrole nitrogens is 1. The van der Waals surface area contributed by atoms with Gasteiger partial charge in [-0.3, -0.25) is 25.2 Å². The van der Waals surface area contributed by atoms with Gasteiger partial charge >= 0.3 is 0 Å². The number of nitrogens with zero attached hydrogens (tertiary/aromatic N) is 1. The molecule has 0 aliphatic rings. The Labute approximate surface area is 155 Å². The molecule has 3 N–H and O–H groups in total. The van der Waals surface area contributed by atoms with Gasteiger partial charge in [-0.2, -0.15) is 5.10 Å². The third-order valence-electron chi connectivity index (χ3n) is 3.61. The quantitative estimate of drug-likeness (QED) is 0.563. The van der Waals surface area contributed by atoms with Gasteiger partial charge in [0, 0.05) is 10.9 Å². The summed E-state index contributed by atoms with van der Waals surface area (Å²) in [4.78, 5) is 36.3. The third kappa shape index (κ3) is 3.42. The van der Waals surface area contributed by atoms with Crippen molar-refractivity contribution < 1.29 is 14.3 Å². The summed E-state index contributed by atoms with van der Waals surface area (Å²) >= 11 is 3.29. The van der Waals surface area contributed by atoms with Crippen molar-refractivity contribution in [3.05, 3.63) is 68.5 Å². The molecule has 0 spiro atoms. The second-order valence-corrected chi connectivity index (χ2v) is 6.06. The molecule has 26 heavy (non-hydrogen) atoms. The highest BCUT2D eigenvalue weighted by atomic mass is 79.9. The predicted molar refractivity (Wildman–Crippen MR) is 98.0 cm³/mol. The van der Waals surface area contributed by atoms with Crippen LogP contribution >= 0.6 is 15.9 Å². The van der Waals surface area contributed by atoms with E-state index in [4.69, 9.17) is 4.74 Å². The maximum atomic E-state index is 12.3. The van der Waals surface area contributed by atoms with E-state index in [1.165, 1.54) is 7.11 Å². The van der Waals surface area contributed by atoms with Crippen LogP contribution in [0, 0.1) is 0 Å². The number of halogens is 1. The van der Waals surface area contributed by atoms with Crippen LogP contribution in [0.25, 0.3) is 10.8 Å². The monoisotopic (exact) mass is 416 g/mol. The Morgan fingerprint density at radius 3 is 2.46 bits per heavy atom. The molecular weight excluding hydrogens is 404 g/mol. The first-order valence-corrected chi connectivity index (χ1v) is 8.22. The van der Waals surface area contributed by atoms with Crippen LogP contribution in [0.5, 0.6) is 5.75 Å². The first kappa shape index (κ1) is 17.6. The van der Waals surface area contributed by atoms with E-state index in [0.29, 0.717) is 26.6 Å². The minimum absolute atomic E-state index is 0.00332. The topological polar surface area (TPSA) is 113 Å². The number of rotatable bonds is 3. The van der Waals surface area contributed by atoms with Crippen LogP contribution < -0.4 is 21.1 Å². The minimum Gasteiger partial charge on any atom is -0.496 e. The summed E-state index contributed by atoms with van der Waals surface area (Å²) in [6.45, 7) is 0. The fourth-order valence-corrected chi connectivity index (χ4v) is 2.88. The molecule has 3 aromatic rings. The average Bonchev–Trinajstić information content (AvgIpc) is 2.66. The molecule has 1 heterocycles. The van der Waals surface area contributed by atoms with Crippen LogP contribution in [-0.2, 0) is 0 Å². The largest absolute Gasteiger partial charge is 0.496 e. The molecule has 8 nitrogen and oxygen atoms in total. The number of methoxy groups -OCH3 is 1. The highest BCUT2D eigenvalue weighted by Crippen LogP contribution is 2.25. The number of hydrogen-bond acceptors (Lipinski definition) is 5. The van der Waals surface area contributed by atoms with Gasteiger partial charge in [0.2, 0.25) is 0 Å². The van der Waals surface area contributed by atoms with Crippen LogP contribution in [0.15, 0.2) is 51.7 Å². The Morgan fingerprint density at radius 2 is 1.77 bits per heavy atom. The van der Waals surface area contributed by atoms with Gasteiger partial charge in [-0.15, -0.1) is 0 Å². The fraction of sp³-hybridized carbons (Fsp3) is 0.0588. The molecule has 0 aliphatic heterocycles. The Balaban J connectivity index is 1.77. The van der Waals surface area contributed by atoms with Crippen LogP contribution in [0.2, 0.25) is 0 Å². The number of ether oxygens (including phenoxy) is 1. The van der Waals surface area contributed by atoms with Gasteiger partial charge in [-0.1, -0.05) is 18.2 Å². The van der Waals surface area contributed by atoms with Gasteiger partial charge in [0.25, 0.3) is 17.4 Å². The predicted octanol–water partition coefficient (Wildman–Crippen LogP) is 1.77. The third-order valence-corrected chi connectivity index (χ3v) is 4.23. The zero-order valence-corrected chi connectivity index (χ0v) is 15.1. The molecule has 0 unspecified atom stereocenters. The first-order valence-electron chi connectivity index (χ1n) is 7.43. The van der Waals surface area contributed by atoms with E-state index in [0.717, 1.165) is 0 Å². The number of nitrogens with one attached hydrogen (secondary N) is 3. The minimum atomic E-state index is -0.654. The van der Waals surface area contributed by atoms with Gasteiger partial charge in [-0.05, 0) is 40.2 Å². The van der Waals surface area contributed by atoms with Crippen LogP contribution in [0.3, 0.4) is 0 Å². The maximum absolute atomic E-state index is 12.3. The zero-order valence-electron chi connectivity index (χ0n) is 13.5. The molecule has 0 saturated heterocycles. The van der Waals surface area contributed by atoms with E-state index < -0.39 is 17.4 Å². The molecule has 0 atom stereocenters. The van der Waals surface area contributed by atoms with Gasteiger partial charge < -0.3 is 4.74 Å². The molecule has 0 aliphatic carbocycles. The van der Waals surface area contributed by atoms with E-state index in [2.05, 4.69) is 37.0 Å². The van der Waals surface area contributed by atoms with Crippen molar-refractivity contribution in [3.8, 4) is 5.75 Å². The van der Waals surface area contributed by atoms with Crippen molar-refractivity contribution in [2.45, 2.75) is 0 Å². The van der Waals surface area contributed by atoms with Gasteiger partial charge in [0.15, 0.2) is 5.69 Å². The first-order chi connectivity index (χ1) is 12.5. The summed E-state index contributed by atoms with van der Waals surface area (Å²) < 4.78 is 5.70. The Hall–Kier alpha value is -3.20. The van der Waals surface area contributed by atoms with Crippen LogP contribution in [0.1, 0.15) is 20.8 Å². The van der Waals surface area contributed by atoms with E-state index in [9.17, 15) is 14.4 Å². The summed E-state index contributed by atoms with van der Waals surface area (Å²) in [6, 6.07) is 11.3. The molecule has 3 rings (SSSR count). The lowest BCUT2D eigenvalue weighted by Gasteiger charge is -2.09. The highest BCUT2D eigenvalue weighted by Gasteiger charge is 2.15. The maximum Gasteiger partial charge on any atom is 0.290 e. The number of carbonyl (C=O) groups is 2. The van der Waals surface area contributed by atoms with E-state index in [-0.39, 0.29) is 5.69 Å². The van der Waals surface area contributed by atoms with Gasteiger partial charge in [0.1, 0.15) is 5.75 Å². The van der Waals surface area contributed by atoms with Crippen molar-refractivity contribution in [1.82, 2.24) is 21.0 Å². The van der Waals surface area contributed by atoms with E-state index >= 15 is 0 Å². The number of aromatic nitrogens is 2. The smallest absolute Gasteiger partial charge is 0.290 e. The lowest BCUT2D eigenvalue weighted by Crippen LogP contribution is -2.42. The SMILES string of the molecule is COc1ccc(C(=O)NNC(=O)c2n[nH]c(=O)c3ccccc23)cc1Br. The lowest BCUT2D eigenvalue weighted by atomic mass is 10.1. The molecule has 1 aromatic heterocycles. The Bertz CT molecular complexity index is 1060. The molecule has 0 radical (unpaired) electrons. The van der Waals surface area contributed by atoms with Crippen molar-refractivity contribution in [2.24, 2.45) is 0 Å². The second-order valence-electron chi connectivity index (χ2n) is 5.20. The number of hydrazine groups is 1. The van der Waals surface area contributed by atoms with Gasteiger partial charge in [0.05, 0.1) is 17.0 Å². The summed E-state index contributed by atoms with van der Waals surface area (Å²) in [5.74, 6) is -0.594. The Kier molecular flexibility index (Phi) is 4.99. The van der Waals surface area contributed by atoms with Crippen LogP contribution in [-0.4, -0.2) is 29.1 Å². The van der Waals surface area contributed by atoms with E-state index in [1.807, 2.05) is 0 Å². The molecule has 132 valence electrons. The van der Waals surface area contributed by atoms with Crippen LogP contribution in [0.4, 0.5) is 0 Å². The standard InChI is InChI=1S/C17H13BrN4O4/c1-26-13-7-6-9(8-12(13)18)15(23)20-22-17(25)14-10-4-2-3-5-11(10)16(24)21-19-14/h2-8H,1H3,(H,20,23)(H,21,24)(H,22,25). The molecule has 2 aromatic carbocycles. The average molecular weight is 417 g/mol. The highest BCUT2D eigenvalue weighted by molar-refractivity contribution is 9.10. The summed E-state index contributed by atoms with van der Waals surface area (Å²) in [5.41, 5.74) is 4.51. The van der Waals surface area contributed by atoms with Gasteiger partial charge in [-0.25, -0.2) is 5.10 Å². The number of benzene rings is 2. The number of fused-ring (bicyclic) bond motifs is 1. The number of aromatic amines is 1. The second kappa shape index (κ2) is 7.36. The summed E-state index contributed by atoms with van der Waals surface area (Å²) in [6.07, 6.45) is 0. The van der Waals surface area contributed by atoms with Crippen molar-refractivity contribution in [3.63, 3.8) is 0 Å². The van der Waals surface area contributed by atoms with Crippen molar-refractivity contribution in [1.29, 1.82) is 0 Å². The van der Waals surface area contributed by atoms with E-state index in [1.54, 1.807) is 42.5 Å². The lowest BCUT2D eigenvalue weighted by molar-refractivity contribution is 0.0844. The molecule has 0 saturated carbocycles.